The van der Waals surface area contributed by atoms with Gasteiger partial charge in [0.2, 0.25) is 0 Å². The molecule has 0 radical (unpaired) electrons. The maximum Gasteiger partial charge on any atom is 0.188 e. The minimum absolute atomic E-state index is 0.575. The van der Waals surface area contributed by atoms with Crippen molar-refractivity contribution in [3.05, 3.63) is 30.3 Å². The van der Waals surface area contributed by atoms with Gasteiger partial charge in [0.05, 0.1) is 6.54 Å². The Morgan fingerprint density at radius 1 is 1.41 bits per heavy atom. The summed E-state index contributed by atoms with van der Waals surface area (Å²) in [5.74, 6) is 0.578. The Morgan fingerprint density at radius 2 is 2.12 bits per heavy atom. The summed E-state index contributed by atoms with van der Waals surface area (Å²) in [6, 6.07) is 10.9. The Kier molecular flexibility index (Phi) is 3.85. The average molecular weight is 232 g/mol. The fraction of sp³-hybridized carbons (Fsp3) is 0.462. The summed E-state index contributed by atoms with van der Waals surface area (Å²) in [6.45, 7) is 1.59. The van der Waals surface area contributed by atoms with Gasteiger partial charge in [-0.1, -0.05) is 18.2 Å². The van der Waals surface area contributed by atoms with Crippen LogP contribution >= 0.6 is 0 Å². The van der Waals surface area contributed by atoms with Gasteiger partial charge in [0.15, 0.2) is 5.96 Å². The zero-order valence-electron chi connectivity index (χ0n) is 10.3. The molecule has 0 aromatic heterocycles. The molecule has 1 saturated carbocycles. The normalized spacial score (nSPS) is 15.7. The summed E-state index contributed by atoms with van der Waals surface area (Å²) < 4.78 is 0. The molecule has 1 aliphatic rings. The number of para-hydroxylation sites is 1. The quantitative estimate of drug-likeness (QED) is 0.592. The monoisotopic (exact) mass is 232 g/mol. The number of likely N-dealkylation sites (N-methyl/N-ethyl adjacent to an activating group) is 1. The summed E-state index contributed by atoms with van der Waals surface area (Å²) >= 11 is 0. The van der Waals surface area contributed by atoms with Crippen LogP contribution in [0.4, 0.5) is 5.69 Å². The van der Waals surface area contributed by atoms with Crippen LogP contribution in [0.3, 0.4) is 0 Å². The fourth-order valence-electron chi connectivity index (χ4n) is 1.61. The van der Waals surface area contributed by atoms with E-state index in [1.54, 1.807) is 0 Å². The van der Waals surface area contributed by atoms with Gasteiger partial charge in [-0.05, 0) is 25.0 Å². The number of nitrogens with zero attached hydrogens (tertiary/aromatic N) is 2. The maximum atomic E-state index is 5.76. The van der Waals surface area contributed by atoms with Crippen LogP contribution in [-0.2, 0) is 0 Å². The Labute approximate surface area is 103 Å². The Bertz CT molecular complexity index is 370. The minimum Gasteiger partial charge on any atom is -0.373 e. The van der Waals surface area contributed by atoms with Gasteiger partial charge in [-0.2, -0.15) is 0 Å². The molecule has 17 heavy (non-hydrogen) atoms. The molecule has 1 aliphatic carbocycles. The molecule has 0 amide bonds. The molecule has 4 heteroatoms. The summed E-state index contributed by atoms with van der Waals surface area (Å²) in [5, 5.41) is 3.18. The molecule has 0 spiro atoms. The fourth-order valence-corrected chi connectivity index (χ4v) is 1.61. The minimum atomic E-state index is 0.575. The third kappa shape index (κ3) is 3.98. The third-order valence-corrected chi connectivity index (χ3v) is 2.84. The number of benzene rings is 1. The van der Waals surface area contributed by atoms with Crippen LogP contribution in [0, 0.1) is 0 Å². The highest BCUT2D eigenvalue weighted by Gasteiger charge is 2.21. The van der Waals surface area contributed by atoms with Gasteiger partial charge in [0.1, 0.15) is 0 Å². The van der Waals surface area contributed by atoms with Crippen molar-refractivity contribution in [1.82, 2.24) is 5.32 Å². The molecule has 0 aliphatic heterocycles. The van der Waals surface area contributed by atoms with E-state index in [9.17, 15) is 0 Å². The van der Waals surface area contributed by atoms with E-state index in [-0.39, 0.29) is 0 Å². The molecule has 92 valence electrons. The van der Waals surface area contributed by atoms with Crippen molar-refractivity contribution in [2.45, 2.75) is 18.9 Å². The van der Waals surface area contributed by atoms with Crippen LogP contribution in [0.25, 0.3) is 0 Å². The third-order valence-electron chi connectivity index (χ3n) is 2.84. The van der Waals surface area contributed by atoms with Crippen LogP contribution in [0.1, 0.15) is 12.8 Å². The zero-order valence-corrected chi connectivity index (χ0v) is 10.3. The number of hydrogen-bond acceptors (Lipinski definition) is 2. The van der Waals surface area contributed by atoms with E-state index in [4.69, 9.17) is 5.73 Å². The van der Waals surface area contributed by atoms with Crippen molar-refractivity contribution in [2.75, 3.05) is 25.0 Å². The van der Waals surface area contributed by atoms with Crippen molar-refractivity contribution in [2.24, 2.45) is 10.7 Å². The molecular formula is C13H20N4. The Hall–Kier alpha value is -1.71. The van der Waals surface area contributed by atoms with Gasteiger partial charge in [-0.25, -0.2) is 0 Å². The highest BCUT2D eigenvalue weighted by Crippen LogP contribution is 2.17. The highest BCUT2D eigenvalue weighted by molar-refractivity contribution is 5.78. The topological polar surface area (TPSA) is 53.6 Å². The second-order valence-corrected chi connectivity index (χ2v) is 4.44. The molecule has 1 fully saturated rings. The average Bonchev–Trinajstić information content (AvgIpc) is 3.14. The Morgan fingerprint density at radius 3 is 2.76 bits per heavy atom. The second-order valence-electron chi connectivity index (χ2n) is 4.44. The van der Waals surface area contributed by atoms with Crippen LogP contribution in [0.2, 0.25) is 0 Å². The molecule has 0 bridgehead atoms. The predicted molar refractivity (Wildman–Crippen MR) is 72.4 cm³/mol. The number of rotatable bonds is 5. The lowest BCUT2D eigenvalue weighted by atomic mass is 10.3. The number of nitrogens with one attached hydrogen (secondary N) is 1. The summed E-state index contributed by atoms with van der Waals surface area (Å²) in [7, 11) is 2.06. The number of hydrogen-bond donors (Lipinski definition) is 2. The van der Waals surface area contributed by atoms with E-state index < -0.39 is 0 Å². The molecule has 0 heterocycles. The molecule has 4 nitrogen and oxygen atoms in total. The van der Waals surface area contributed by atoms with E-state index in [0.29, 0.717) is 12.0 Å². The van der Waals surface area contributed by atoms with Crippen molar-refractivity contribution in [3.8, 4) is 0 Å². The van der Waals surface area contributed by atoms with E-state index >= 15 is 0 Å². The van der Waals surface area contributed by atoms with E-state index in [2.05, 4.69) is 34.4 Å². The smallest absolute Gasteiger partial charge is 0.188 e. The van der Waals surface area contributed by atoms with E-state index in [1.807, 2.05) is 18.2 Å². The first-order valence-electron chi connectivity index (χ1n) is 6.08. The molecule has 1 aromatic carbocycles. The lowest BCUT2D eigenvalue weighted by Gasteiger charge is -2.17. The first-order chi connectivity index (χ1) is 8.25. The molecule has 0 saturated heterocycles. The number of guanidine groups is 1. The summed E-state index contributed by atoms with van der Waals surface area (Å²) in [6.07, 6.45) is 2.44. The van der Waals surface area contributed by atoms with Crippen LogP contribution < -0.4 is 16.0 Å². The standard InChI is InChI=1S/C13H20N4/c1-17(12-5-3-2-4-6-12)10-9-15-13(14)16-11-7-8-11/h2-6,11H,7-10H2,1H3,(H3,14,15,16). The molecule has 1 aromatic rings. The van der Waals surface area contributed by atoms with Crippen LogP contribution in [-0.4, -0.2) is 32.1 Å². The van der Waals surface area contributed by atoms with Crippen molar-refractivity contribution >= 4 is 11.6 Å². The number of anilines is 1. The van der Waals surface area contributed by atoms with E-state index in [0.717, 1.165) is 13.1 Å². The lowest BCUT2D eigenvalue weighted by molar-refractivity contribution is 0.849. The molecule has 0 atom stereocenters. The maximum absolute atomic E-state index is 5.76. The van der Waals surface area contributed by atoms with Gasteiger partial charge in [-0.3, -0.25) is 4.99 Å². The van der Waals surface area contributed by atoms with E-state index in [1.165, 1.54) is 18.5 Å². The molecule has 2 rings (SSSR count). The molecular weight excluding hydrogens is 212 g/mol. The highest BCUT2D eigenvalue weighted by atomic mass is 15.2. The van der Waals surface area contributed by atoms with Gasteiger partial charge in [0, 0.05) is 25.3 Å². The molecule has 3 N–H and O–H groups in total. The second kappa shape index (κ2) is 5.57. The van der Waals surface area contributed by atoms with Gasteiger partial charge in [-0.15, -0.1) is 0 Å². The van der Waals surface area contributed by atoms with Crippen molar-refractivity contribution in [1.29, 1.82) is 0 Å². The van der Waals surface area contributed by atoms with Gasteiger partial charge < -0.3 is 16.0 Å². The van der Waals surface area contributed by atoms with Crippen molar-refractivity contribution in [3.63, 3.8) is 0 Å². The van der Waals surface area contributed by atoms with Crippen molar-refractivity contribution < 1.29 is 0 Å². The van der Waals surface area contributed by atoms with Crippen LogP contribution in [0.15, 0.2) is 35.3 Å². The van der Waals surface area contributed by atoms with Gasteiger partial charge in [0.25, 0.3) is 0 Å². The summed E-state index contributed by atoms with van der Waals surface area (Å²) in [5.41, 5.74) is 6.96. The SMILES string of the molecule is CN(CCN=C(N)NC1CC1)c1ccccc1. The lowest BCUT2D eigenvalue weighted by Crippen LogP contribution is -2.34. The Balaban J connectivity index is 1.74. The number of nitrogens with two attached hydrogens (primary N) is 1. The van der Waals surface area contributed by atoms with Crippen LogP contribution in [0.5, 0.6) is 0 Å². The number of aliphatic imine (C=N–C) groups is 1. The first kappa shape index (κ1) is 11.8. The zero-order chi connectivity index (χ0) is 12.1. The first-order valence-corrected chi connectivity index (χ1v) is 6.08. The summed E-state index contributed by atoms with van der Waals surface area (Å²) in [4.78, 5) is 6.49. The predicted octanol–water partition coefficient (Wildman–Crippen LogP) is 1.19. The van der Waals surface area contributed by atoms with Gasteiger partial charge >= 0.3 is 0 Å². The largest absolute Gasteiger partial charge is 0.373 e. The molecule has 0 unspecified atom stereocenters.